The van der Waals surface area contributed by atoms with E-state index in [2.05, 4.69) is 25.9 Å². The smallest absolute Gasteiger partial charge is 0.328 e. The summed E-state index contributed by atoms with van der Waals surface area (Å²) in [6.07, 6.45) is 4.55. The maximum absolute atomic E-state index is 15.4. The number of carbonyl (C=O) groups excluding carboxylic acids is 5. The van der Waals surface area contributed by atoms with E-state index in [1.807, 2.05) is 76.2 Å². The summed E-state index contributed by atoms with van der Waals surface area (Å²) < 4.78 is 42.4. The van der Waals surface area contributed by atoms with Crippen LogP contribution in [0, 0.1) is 39.3 Å². The number of benzene rings is 6. The van der Waals surface area contributed by atoms with Gasteiger partial charge in [0.1, 0.15) is 34.3 Å². The fourth-order valence-electron chi connectivity index (χ4n) is 9.47. The van der Waals surface area contributed by atoms with Gasteiger partial charge in [-0.25, -0.2) is 18.4 Å². The number of aromatic nitrogens is 4. The number of primary amides is 2. The minimum atomic E-state index is -0.707. The zero-order chi connectivity index (χ0) is 63.8. The lowest BCUT2D eigenvalue weighted by molar-refractivity contribution is -0.118. The number of rotatable bonds is 20. The van der Waals surface area contributed by atoms with Crippen molar-refractivity contribution in [1.29, 1.82) is 0 Å². The molecule has 8 rings (SSSR count). The molecule has 88 heavy (non-hydrogen) atoms. The molecule has 0 atom stereocenters. The minimum absolute atomic E-state index is 0. The van der Waals surface area contributed by atoms with Gasteiger partial charge < -0.3 is 52.6 Å². The first-order valence-electron chi connectivity index (χ1n) is 27.2. The molecule has 0 fully saturated rings. The van der Waals surface area contributed by atoms with Gasteiger partial charge in [0.25, 0.3) is 22.9 Å². The molecule has 0 bridgehead atoms. The Morgan fingerprint density at radius 2 is 0.977 bits per heavy atom. The molecule has 4 amide bonds. The number of ether oxygens (including phenoxy) is 2. The number of H-pyrrole nitrogens is 2. The number of anilines is 2. The minimum Gasteiger partial charge on any atom is -0.496 e. The molecule has 0 unspecified atom stereocenters. The Bertz CT molecular complexity index is 4170. The van der Waals surface area contributed by atoms with Crippen molar-refractivity contribution in [2.75, 3.05) is 37.9 Å². The van der Waals surface area contributed by atoms with Crippen LogP contribution >= 0.6 is 0 Å². The van der Waals surface area contributed by atoms with Gasteiger partial charge in [-0.05, 0) is 157 Å². The Balaban J connectivity index is 0.000000288. The first-order chi connectivity index (χ1) is 41.5. The molecule has 462 valence electrons. The van der Waals surface area contributed by atoms with Crippen molar-refractivity contribution in [2.24, 2.45) is 31.3 Å². The molecule has 8 aromatic rings. The second kappa shape index (κ2) is 31.1. The highest BCUT2D eigenvalue weighted by Crippen LogP contribution is 2.40. The van der Waals surface area contributed by atoms with Crippen LogP contribution in [0.5, 0.6) is 11.5 Å². The molecular formula is C65H72F2N10O11. The van der Waals surface area contributed by atoms with E-state index < -0.39 is 45.9 Å². The molecule has 23 heteroatoms. The van der Waals surface area contributed by atoms with Crippen LogP contribution in [-0.4, -0.2) is 76.3 Å². The first-order valence-corrected chi connectivity index (χ1v) is 27.2. The van der Waals surface area contributed by atoms with E-state index in [0.717, 1.165) is 77.2 Å². The summed E-state index contributed by atoms with van der Waals surface area (Å²) in [5, 5.41) is 8.66. The quantitative estimate of drug-likeness (QED) is 0.0266. The number of aromatic amines is 2. The van der Waals surface area contributed by atoms with Crippen LogP contribution in [0.25, 0.3) is 44.5 Å². The van der Waals surface area contributed by atoms with Crippen LogP contribution in [0.2, 0.25) is 0 Å². The Kier molecular flexibility index (Phi) is 24.2. The van der Waals surface area contributed by atoms with Gasteiger partial charge in [0, 0.05) is 62.8 Å². The number of methoxy groups -OCH3 is 2. The molecular weight excluding hydrogens is 1130 g/mol. The molecule has 2 heterocycles. The maximum atomic E-state index is 15.4. The van der Waals surface area contributed by atoms with Crippen molar-refractivity contribution >= 4 is 41.3 Å². The van der Waals surface area contributed by atoms with Gasteiger partial charge in [0.2, 0.25) is 11.8 Å². The first kappa shape index (κ1) is 68.4. The van der Waals surface area contributed by atoms with Gasteiger partial charge in [-0.1, -0.05) is 68.1 Å². The largest absolute Gasteiger partial charge is 0.496 e. The molecule has 0 aliphatic rings. The topological polar surface area (TPSA) is 328 Å². The summed E-state index contributed by atoms with van der Waals surface area (Å²) in [4.78, 5) is 111. The number of nitrogens with zero attached hydrogens (tertiary/aromatic N) is 2. The summed E-state index contributed by atoms with van der Waals surface area (Å²) in [5.41, 5.74) is 22.6. The lowest BCUT2D eigenvalue weighted by Crippen LogP contribution is -2.37. The van der Waals surface area contributed by atoms with E-state index in [4.69, 9.17) is 26.7 Å². The Labute approximate surface area is 505 Å². The van der Waals surface area contributed by atoms with Crippen LogP contribution in [-0.2, 0) is 30.2 Å². The Morgan fingerprint density at radius 1 is 0.580 bits per heavy atom. The van der Waals surface area contributed by atoms with E-state index in [-0.39, 0.29) is 54.6 Å². The summed E-state index contributed by atoms with van der Waals surface area (Å²) in [6, 6.07) is 28.3. The lowest BCUT2D eigenvalue weighted by Gasteiger charge is -2.18. The molecule has 0 radical (unpaired) electrons. The van der Waals surface area contributed by atoms with E-state index in [9.17, 15) is 47.5 Å². The zero-order valence-electron chi connectivity index (χ0n) is 49.3. The number of aldehydes is 1. The number of carbonyl (C=O) groups is 5. The van der Waals surface area contributed by atoms with E-state index in [1.165, 1.54) is 40.4 Å². The molecule has 0 saturated heterocycles. The third kappa shape index (κ3) is 16.1. The van der Waals surface area contributed by atoms with E-state index in [0.29, 0.717) is 72.5 Å². The highest BCUT2D eigenvalue weighted by molar-refractivity contribution is 6.05. The summed E-state index contributed by atoms with van der Waals surface area (Å²) >= 11 is 0. The SMILES string of the molecule is C.COc1cc(-c2cccc(-c3cccc(NC(=O)c4c[nH]c(=O)n(C)c4=O)c3C)c2C)cc(F)c1C=O.COc1cc(-c2cccc(-c3cccc(NC(=O)c4c[nH]c(=O)n(C)c4=O)c3C)c2C)cc(F)c1CNCCCC(N)=O.NCCCC(N)=O. The number of nitrogens with one attached hydrogen (secondary N) is 5. The molecule has 21 nitrogen and oxygen atoms in total. The summed E-state index contributed by atoms with van der Waals surface area (Å²) in [7, 11) is 5.44. The molecule has 11 N–H and O–H groups in total. The molecule has 0 saturated carbocycles. The fourth-order valence-corrected chi connectivity index (χ4v) is 9.47. The number of nitrogens with two attached hydrogens (primary N) is 3. The second-order valence-electron chi connectivity index (χ2n) is 20.0. The summed E-state index contributed by atoms with van der Waals surface area (Å²) in [5.74, 6) is -2.50. The van der Waals surface area contributed by atoms with Gasteiger partial charge >= 0.3 is 11.4 Å². The van der Waals surface area contributed by atoms with Crippen LogP contribution < -0.4 is 65.1 Å². The molecule has 6 aromatic carbocycles. The number of amides is 4. The Morgan fingerprint density at radius 3 is 1.39 bits per heavy atom. The number of hydrogen-bond acceptors (Lipinski definition) is 13. The molecule has 0 aliphatic carbocycles. The van der Waals surface area contributed by atoms with E-state index >= 15 is 4.39 Å². The predicted molar refractivity (Wildman–Crippen MR) is 337 cm³/mol. The molecule has 2 aromatic heterocycles. The van der Waals surface area contributed by atoms with Crippen molar-refractivity contribution in [3.63, 3.8) is 0 Å². The maximum Gasteiger partial charge on any atom is 0.328 e. The van der Waals surface area contributed by atoms with Crippen molar-refractivity contribution in [3.8, 4) is 56.0 Å². The van der Waals surface area contributed by atoms with Crippen molar-refractivity contribution in [1.82, 2.24) is 24.4 Å². The van der Waals surface area contributed by atoms with Crippen molar-refractivity contribution < 1.29 is 42.2 Å². The monoisotopic (exact) mass is 1210 g/mol. The van der Waals surface area contributed by atoms with E-state index in [1.54, 1.807) is 36.4 Å². The number of halogens is 2. The third-order valence-electron chi connectivity index (χ3n) is 14.4. The fraction of sp³-hybridized carbons (Fsp3) is 0.246. The van der Waals surface area contributed by atoms with Gasteiger partial charge in [0.05, 0.1) is 19.8 Å². The van der Waals surface area contributed by atoms with Gasteiger partial charge in [0.15, 0.2) is 6.29 Å². The normalized spacial score (nSPS) is 10.5. The van der Waals surface area contributed by atoms with Gasteiger partial charge in [-0.3, -0.25) is 42.7 Å². The highest BCUT2D eigenvalue weighted by Gasteiger charge is 2.21. The molecule has 0 aliphatic heterocycles. The van der Waals surface area contributed by atoms with Crippen molar-refractivity contribution in [3.05, 3.63) is 207 Å². The van der Waals surface area contributed by atoms with Crippen LogP contribution in [0.15, 0.2) is 129 Å². The van der Waals surface area contributed by atoms with Crippen LogP contribution in [0.1, 0.15) is 92.0 Å². The average molecular weight is 1210 g/mol. The van der Waals surface area contributed by atoms with Crippen LogP contribution in [0.4, 0.5) is 20.2 Å². The zero-order valence-corrected chi connectivity index (χ0v) is 49.3. The second-order valence-corrected chi connectivity index (χ2v) is 20.0. The standard InChI is InChI=1S/C32H34FN5O5.C28H24FN3O5.C4H10N2O.CH4/c1-18-21(20-14-26(33)24(28(15-20)43-4)16-35-13-7-12-29(34)39)8-5-9-22(18)23-10-6-11-27(19(23)2)37-30(40)25-17-36-32(42)38(3)31(25)41;1-15-18(17-11-23(29)22(14-33)25(12-17)37-4)7-5-8-19(15)20-9-6-10-24(16(20)2)31-26(34)21-13-30-28(36)32(3)27(21)35;5-3-1-2-4(6)7;/h5-6,8-11,14-15,17,35H,7,12-13,16H2,1-4H3,(H2,34,39)(H,36,42)(H,37,40);5-14H,1-4H3,(H,30,36)(H,31,34);1-3,5H2,(H2,6,7);1H4. The average Bonchev–Trinajstić information content (AvgIpc) is 1.37. The van der Waals surface area contributed by atoms with Gasteiger partial charge in [-0.15, -0.1) is 0 Å². The predicted octanol–water partition coefficient (Wildman–Crippen LogP) is 7.86. The third-order valence-corrected chi connectivity index (χ3v) is 14.4. The summed E-state index contributed by atoms with van der Waals surface area (Å²) in [6.45, 7) is 8.82. The van der Waals surface area contributed by atoms with Gasteiger partial charge in [-0.2, -0.15) is 0 Å². The highest BCUT2D eigenvalue weighted by atomic mass is 19.1. The Hall–Kier alpha value is -10.4. The van der Waals surface area contributed by atoms with Crippen LogP contribution in [0.3, 0.4) is 0 Å². The molecule has 0 spiro atoms. The number of hydrogen-bond donors (Lipinski definition) is 8. The van der Waals surface area contributed by atoms with Crippen molar-refractivity contribution in [2.45, 2.75) is 67.3 Å². The lowest BCUT2D eigenvalue weighted by atomic mass is 9.90.